The van der Waals surface area contributed by atoms with Gasteiger partial charge in [0.1, 0.15) is 17.2 Å². The van der Waals surface area contributed by atoms with Crippen LogP contribution in [0.15, 0.2) is 0 Å². The van der Waals surface area contributed by atoms with Gasteiger partial charge >= 0.3 is 12.1 Å². The number of aliphatic hydroxyl groups is 1. The molecule has 7 heteroatoms. The molecular formula is C17H27NO6. The van der Waals surface area contributed by atoms with E-state index >= 15 is 0 Å². The van der Waals surface area contributed by atoms with E-state index in [4.69, 9.17) is 9.47 Å². The molecule has 1 saturated carbocycles. The second-order valence-electron chi connectivity index (χ2n) is 7.79. The molecule has 5 atom stereocenters. The predicted molar refractivity (Wildman–Crippen MR) is 85.2 cm³/mol. The summed E-state index contributed by atoms with van der Waals surface area (Å²) >= 11 is 0. The minimum Gasteiger partial charge on any atom is -0.464 e. The van der Waals surface area contributed by atoms with E-state index in [9.17, 15) is 19.5 Å². The van der Waals surface area contributed by atoms with Crippen LogP contribution in [0.2, 0.25) is 0 Å². The van der Waals surface area contributed by atoms with Crippen LogP contribution in [-0.4, -0.2) is 57.7 Å². The first-order valence-corrected chi connectivity index (χ1v) is 8.35. The first-order chi connectivity index (χ1) is 10.9. The fourth-order valence-electron chi connectivity index (χ4n) is 4.03. The van der Waals surface area contributed by atoms with Gasteiger partial charge in [-0.15, -0.1) is 0 Å². The van der Waals surface area contributed by atoms with Crippen LogP contribution < -0.4 is 0 Å². The van der Waals surface area contributed by atoms with E-state index in [2.05, 4.69) is 0 Å². The lowest BCUT2D eigenvalue weighted by Crippen LogP contribution is -2.51. The number of carbonyl (C=O) groups excluding carboxylic acids is 3. The Morgan fingerprint density at radius 3 is 2.46 bits per heavy atom. The minimum absolute atomic E-state index is 0.0464. The number of fused-ring (bicyclic) bond motifs is 1. The van der Waals surface area contributed by atoms with Crippen molar-refractivity contribution in [3.05, 3.63) is 0 Å². The highest BCUT2D eigenvalue weighted by Crippen LogP contribution is 2.50. The quantitative estimate of drug-likeness (QED) is 0.765. The molecule has 1 amide bonds. The van der Waals surface area contributed by atoms with Gasteiger partial charge in [0.2, 0.25) is 0 Å². The van der Waals surface area contributed by atoms with Gasteiger partial charge in [-0.05, 0) is 41.5 Å². The van der Waals surface area contributed by atoms with E-state index in [1.807, 2.05) is 0 Å². The normalized spacial score (nSPS) is 35.8. The third-order valence-corrected chi connectivity index (χ3v) is 4.89. The number of rotatable bonds is 2. The van der Waals surface area contributed by atoms with Crippen molar-refractivity contribution in [1.29, 1.82) is 0 Å². The zero-order chi connectivity index (χ0) is 18.4. The van der Waals surface area contributed by atoms with Gasteiger partial charge in [-0.3, -0.25) is 9.69 Å². The lowest BCUT2D eigenvalue weighted by Gasteiger charge is -2.33. The van der Waals surface area contributed by atoms with E-state index in [0.29, 0.717) is 0 Å². The number of hydrogen-bond donors (Lipinski definition) is 1. The van der Waals surface area contributed by atoms with Crippen molar-refractivity contribution in [2.45, 2.75) is 71.2 Å². The maximum absolute atomic E-state index is 12.6. The Morgan fingerprint density at radius 1 is 1.38 bits per heavy atom. The van der Waals surface area contributed by atoms with Crippen LogP contribution in [0.5, 0.6) is 0 Å². The molecule has 1 saturated heterocycles. The molecular weight excluding hydrogens is 314 g/mol. The molecule has 24 heavy (non-hydrogen) atoms. The SMILES string of the molecule is CCOC(=O)[C@@H]1[C@H]2CC(=O)[C@](C)(O)[C@H]2[C@@H](C)N1C(=O)OC(C)(C)C. The van der Waals surface area contributed by atoms with E-state index < -0.39 is 47.2 Å². The Labute approximate surface area is 142 Å². The van der Waals surface area contributed by atoms with E-state index in [1.165, 1.54) is 11.8 Å². The number of hydrogen-bond acceptors (Lipinski definition) is 6. The second kappa shape index (κ2) is 6.02. The van der Waals surface area contributed by atoms with Crippen LogP contribution >= 0.6 is 0 Å². The van der Waals surface area contributed by atoms with Crippen LogP contribution in [0.4, 0.5) is 4.79 Å². The molecule has 1 N–H and O–H groups in total. The third-order valence-electron chi connectivity index (χ3n) is 4.89. The molecule has 2 aliphatic rings. The first-order valence-electron chi connectivity index (χ1n) is 8.35. The fourth-order valence-corrected chi connectivity index (χ4v) is 4.03. The van der Waals surface area contributed by atoms with E-state index in [1.54, 1.807) is 34.6 Å². The molecule has 0 aromatic heterocycles. The largest absolute Gasteiger partial charge is 0.464 e. The summed E-state index contributed by atoms with van der Waals surface area (Å²) in [7, 11) is 0. The maximum Gasteiger partial charge on any atom is 0.411 e. The van der Waals surface area contributed by atoms with Gasteiger partial charge in [-0.25, -0.2) is 9.59 Å². The number of likely N-dealkylation sites (tertiary alicyclic amines) is 1. The van der Waals surface area contributed by atoms with Crippen molar-refractivity contribution in [1.82, 2.24) is 4.90 Å². The molecule has 2 fully saturated rings. The summed E-state index contributed by atoms with van der Waals surface area (Å²) < 4.78 is 10.5. The predicted octanol–water partition coefficient (Wildman–Crippen LogP) is 1.51. The highest BCUT2D eigenvalue weighted by atomic mass is 16.6. The van der Waals surface area contributed by atoms with E-state index in [-0.39, 0.29) is 18.8 Å². The smallest absolute Gasteiger partial charge is 0.411 e. The van der Waals surface area contributed by atoms with E-state index in [0.717, 1.165) is 0 Å². The van der Waals surface area contributed by atoms with Gasteiger partial charge in [-0.2, -0.15) is 0 Å². The molecule has 0 bridgehead atoms. The molecule has 0 unspecified atom stereocenters. The summed E-state index contributed by atoms with van der Waals surface area (Å²) in [6.07, 6.45) is -0.587. The van der Waals surface area contributed by atoms with Gasteiger partial charge in [-0.1, -0.05) is 0 Å². The number of carbonyl (C=O) groups is 3. The Kier molecular flexibility index (Phi) is 4.69. The molecule has 2 rings (SSSR count). The number of ether oxygens (including phenoxy) is 2. The molecule has 0 aromatic rings. The number of ketones is 1. The number of Topliss-reactive ketones (excluding diaryl/α,β-unsaturated/α-hetero) is 1. The van der Waals surface area contributed by atoms with Gasteiger partial charge in [0.05, 0.1) is 6.61 Å². The summed E-state index contributed by atoms with van der Waals surface area (Å²) in [4.78, 5) is 38.6. The van der Waals surface area contributed by atoms with Crippen molar-refractivity contribution in [3.8, 4) is 0 Å². The lowest BCUT2D eigenvalue weighted by atomic mass is 9.83. The first kappa shape index (κ1) is 18.7. The topological polar surface area (TPSA) is 93.1 Å². The summed E-state index contributed by atoms with van der Waals surface area (Å²) in [5.41, 5.74) is -2.28. The number of esters is 1. The van der Waals surface area contributed by atoms with Crippen molar-refractivity contribution < 1.29 is 29.0 Å². The third kappa shape index (κ3) is 3.01. The average molecular weight is 341 g/mol. The summed E-state index contributed by atoms with van der Waals surface area (Å²) in [5.74, 6) is -1.85. The summed E-state index contributed by atoms with van der Waals surface area (Å²) in [6, 6.07) is -1.43. The van der Waals surface area contributed by atoms with Gasteiger partial charge in [0, 0.05) is 24.3 Å². The Bertz CT molecular complexity index is 550. The molecule has 1 aliphatic carbocycles. The lowest BCUT2D eigenvalue weighted by molar-refractivity contribution is -0.150. The second-order valence-corrected chi connectivity index (χ2v) is 7.79. The van der Waals surface area contributed by atoms with Crippen molar-refractivity contribution in [2.24, 2.45) is 11.8 Å². The van der Waals surface area contributed by atoms with Crippen molar-refractivity contribution >= 4 is 17.8 Å². The number of amides is 1. The summed E-state index contributed by atoms with van der Waals surface area (Å²) in [6.45, 7) is 10.3. The monoisotopic (exact) mass is 341 g/mol. The van der Waals surface area contributed by atoms with Crippen LogP contribution in [0.3, 0.4) is 0 Å². The van der Waals surface area contributed by atoms with Crippen LogP contribution in [0, 0.1) is 11.8 Å². The Hall–Kier alpha value is -1.63. The van der Waals surface area contributed by atoms with Crippen LogP contribution in [0.1, 0.15) is 48.0 Å². The fraction of sp³-hybridized carbons (Fsp3) is 0.824. The molecule has 1 aliphatic heterocycles. The maximum atomic E-state index is 12.6. The molecule has 0 aromatic carbocycles. The highest BCUT2D eigenvalue weighted by molar-refractivity contribution is 5.93. The molecule has 136 valence electrons. The van der Waals surface area contributed by atoms with Crippen LogP contribution in [0.25, 0.3) is 0 Å². The highest BCUT2D eigenvalue weighted by Gasteiger charge is 2.65. The Morgan fingerprint density at radius 2 is 1.96 bits per heavy atom. The Balaban J connectivity index is 2.39. The standard InChI is InChI=1S/C17H27NO6/c1-7-23-14(20)13-10-8-11(19)17(6,22)12(10)9(2)18(13)15(21)24-16(3,4)5/h9-10,12-13,22H,7-8H2,1-6H3/t9-,10+,12+,13+,17+/m1/s1. The molecule has 0 radical (unpaired) electrons. The zero-order valence-corrected chi connectivity index (χ0v) is 15.2. The van der Waals surface area contributed by atoms with Gasteiger partial charge < -0.3 is 14.6 Å². The van der Waals surface area contributed by atoms with Crippen molar-refractivity contribution in [3.63, 3.8) is 0 Å². The summed E-state index contributed by atoms with van der Waals surface area (Å²) in [5, 5.41) is 10.6. The molecule has 7 nitrogen and oxygen atoms in total. The molecule has 0 spiro atoms. The number of nitrogens with zero attached hydrogens (tertiary/aromatic N) is 1. The minimum atomic E-state index is -1.56. The van der Waals surface area contributed by atoms with Gasteiger partial charge in [0.25, 0.3) is 0 Å². The molecule has 1 heterocycles. The van der Waals surface area contributed by atoms with Crippen LogP contribution in [-0.2, 0) is 19.1 Å². The van der Waals surface area contributed by atoms with Gasteiger partial charge in [0.15, 0.2) is 5.78 Å². The zero-order valence-electron chi connectivity index (χ0n) is 15.2. The average Bonchev–Trinajstić information content (AvgIpc) is 2.81. The van der Waals surface area contributed by atoms with Crippen molar-refractivity contribution in [2.75, 3.05) is 6.61 Å².